The standard InChI is InChI=1S/C22H31NO6/c1-4-5-11-28-21(26)19(24)18(12-15(2)3)20(25)23-17(14-29-22(23)27)13-16-9-7-6-8-10-16/h6-10,15,17-19,24H,4-5,11-14H2,1-3H3/t17-,18+,19-/m0/s1. The summed E-state index contributed by atoms with van der Waals surface area (Å²) < 4.78 is 10.2. The third-order valence-corrected chi connectivity index (χ3v) is 4.92. The van der Waals surface area contributed by atoms with Crippen LogP contribution in [0.4, 0.5) is 4.79 Å². The quantitative estimate of drug-likeness (QED) is 0.475. The molecule has 1 N–H and O–H groups in total. The van der Waals surface area contributed by atoms with Crippen LogP contribution in [0.3, 0.4) is 0 Å². The number of cyclic esters (lactones) is 1. The van der Waals surface area contributed by atoms with Gasteiger partial charge in [0.2, 0.25) is 5.91 Å². The number of rotatable bonds is 10. The lowest BCUT2D eigenvalue weighted by Gasteiger charge is -2.28. The van der Waals surface area contributed by atoms with Crippen LogP contribution in [0.1, 0.15) is 45.6 Å². The molecule has 2 rings (SSSR count). The number of amides is 2. The average molecular weight is 405 g/mol. The molecule has 29 heavy (non-hydrogen) atoms. The first kappa shape index (κ1) is 22.9. The lowest BCUT2D eigenvalue weighted by atomic mass is 9.90. The van der Waals surface area contributed by atoms with Gasteiger partial charge in [0.25, 0.3) is 0 Å². The topological polar surface area (TPSA) is 93.1 Å². The number of nitrogens with zero attached hydrogens (tertiary/aromatic N) is 1. The zero-order valence-electron chi connectivity index (χ0n) is 17.4. The molecule has 0 spiro atoms. The first-order chi connectivity index (χ1) is 13.8. The number of carbonyl (C=O) groups excluding carboxylic acids is 3. The summed E-state index contributed by atoms with van der Waals surface area (Å²) in [5.74, 6) is -2.45. The fourth-order valence-electron chi connectivity index (χ4n) is 3.38. The lowest BCUT2D eigenvalue weighted by Crippen LogP contribution is -2.49. The van der Waals surface area contributed by atoms with Crippen molar-refractivity contribution in [1.29, 1.82) is 0 Å². The number of hydrogen-bond donors (Lipinski definition) is 1. The van der Waals surface area contributed by atoms with Crippen molar-refractivity contribution >= 4 is 18.0 Å². The number of esters is 1. The fourth-order valence-corrected chi connectivity index (χ4v) is 3.38. The van der Waals surface area contributed by atoms with Gasteiger partial charge in [-0.1, -0.05) is 57.5 Å². The molecular weight excluding hydrogens is 374 g/mol. The van der Waals surface area contributed by atoms with Gasteiger partial charge < -0.3 is 14.6 Å². The van der Waals surface area contributed by atoms with Crippen molar-refractivity contribution in [1.82, 2.24) is 4.90 Å². The van der Waals surface area contributed by atoms with E-state index in [2.05, 4.69) is 0 Å². The summed E-state index contributed by atoms with van der Waals surface area (Å²) in [6, 6.07) is 9.01. The van der Waals surface area contributed by atoms with Crippen molar-refractivity contribution < 1.29 is 29.0 Å². The molecule has 3 atom stereocenters. The van der Waals surface area contributed by atoms with Crippen LogP contribution < -0.4 is 0 Å². The zero-order valence-corrected chi connectivity index (χ0v) is 17.4. The monoisotopic (exact) mass is 405 g/mol. The zero-order chi connectivity index (χ0) is 21.4. The van der Waals surface area contributed by atoms with Gasteiger partial charge >= 0.3 is 12.1 Å². The first-order valence-corrected chi connectivity index (χ1v) is 10.2. The average Bonchev–Trinajstić information content (AvgIpc) is 3.05. The van der Waals surface area contributed by atoms with E-state index in [-0.39, 0.29) is 25.6 Å². The summed E-state index contributed by atoms with van der Waals surface area (Å²) in [7, 11) is 0. The lowest BCUT2D eigenvalue weighted by molar-refractivity contribution is -0.162. The number of benzene rings is 1. The summed E-state index contributed by atoms with van der Waals surface area (Å²) in [6.45, 7) is 6.02. The van der Waals surface area contributed by atoms with Crippen LogP contribution >= 0.6 is 0 Å². The van der Waals surface area contributed by atoms with Crippen LogP contribution in [0.5, 0.6) is 0 Å². The maximum Gasteiger partial charge on any atom is 0.416 e. The molecule has 1 aromatic carbocycles. The van der Waals surface area contributed by atoms with Crippen molar-refractivity contribution in [3.8, 4) is 0 Å². The van der Waals surface area contributed by atoms with Gasteiger partial charge in [0.05, 0.1) is 18.6 Å². The molecule has 1 heterocycles. The Hall–Kier alpha value is -2.41. The molecule has 1 aliphatic heterocycles. The molecule has 7 nitrogen and oxygen atoms in total. The summed E-state index contributed by atoms with van der Waals surface area (Å²) >= 11 is 0. The van der Waals surface area contributed by atoms with Crippen molar-refractivity contribution in [2.45, 2.75) is 58.6 Å². The molecule has 1 aliphatic rings. The number of aliphatic hydroxyl groups is 1. The number of ether oxygens (including phenoxy) is 2. The highest BCUT2D eigenvalue weighted by atomic mass is 16.6. The minimum Gasteiger partial charge on any atom is -0.464 e. The molecule has 0 radical (unpaired) electrons. The van der Waals surface area contributed by atoms with E-state index in [1.54, 1.807) is 0 Å². The largest absolute Gasteiger partial charge is 0.464 e. The molecule has 0 aliphatic carbocycles. The highest BCUT2D eigenvalue weighted by molar-refractivity contribution is 5.97. The maximum absolute atomic E-state index is 13.2. The van der Waals surface area contributed by atoms with Gasteiger partial charge in [0, 0.05) is 0 Å². The van der Waals surface area contributed by atoms with Gasteiger partial charge in [-0.25, -0.2) is 14.5 Å². The maximum atomic E-state index is 13.2. The molecule has 2 amide bonds. The Morgan fingerprint density at radius 2 is 1.97 bits per heavy atom. The fraction of sp³-hybridized carbons (Fsp3) is 0.591. The Morgan fingerprint density at radius 1 is 1.28 bits per heavy atom. The Bertz CT molecular complexity index is 690. The van der Waals surface area contributed by atoms with Crippen LogP contribution in [0, 0.1) is 11.8 Å². The van der Waals surface area contributed by atoms with E-state index in [0.29, 0.717) is 12.8 Å². The normalized spacial score (nSPS) is 18.4. The van der Waals surface area contributed by atoms with E-state index in [4.69, 9.17) is 9.47 Å². The summed E-state index contributed by atoms with van der Waals surface area (Å²) in [4.78, 5) is 38.8. The van der Waals surface area contributed by atoms with E-state index < -0.39 is 36.0 Å². The van der Waals surface area contributed by atoms with Crippen molar-refractivity contribution in [2.24, 2.45) is 11.8 Å². The number of imide groups is 1. The predicted molar refractivity (Wildman–Crippen MR) is 107 cm³/mol. The van der Waals surface area contributed by atoms with Gasteiger partial charge in [-0.2, -0.15) is 0 Å². The van der Waals surface area contributed by atoms with Crippen LogP contribution in [0.25, 0.3) is 0 Å². The second-order valence-corrected chi connectivity index (χ2v) is 7.83. The Balaban J connectivity index is 2.16. The molecule has 1 aromatic rings. The molecule has 0 bridgehead atoms. The molecule has 1 fully saturated rings. The molecule has 7 heteroatoms. The van der Waals surface area contributed by atoms with Gasteiger partial charge in [0.1, 0.15) is 6.61 Å². The van der Waals surface area contributed by atoms with E-state index >= 15 is 0 Å². The van der Waals surface area contributed by atoms with Crippen LogP contribution in [0.2, 0.25) is 0 Å². The van der Waals surface area contributed by atoms with Gasteiger partial charge in [0.15, 0.2) is 6.10 Å². The van der Waals surface area contributed by atoms with E-state index in [9.17, 15) is 19.5 Å². The molecular formula is C22H31NO6. The third kappa shape index (κ3) is 6.29. The predicted octanol–water partition coefficient (Wildman–Crippen LogP) is 2.94. The van der Waals surface area contributed by atoms with Gasteiger partial charge in [-0.3, -0.25) is 4.79 Å². The molecule has 0 unspecified atom stereocenters. The molecule has 0 aromatic heterocycles. The molecule has 0 saturated carbocycles. The van der Waals surface area contributed by atoms with Crippen LogP contribution in [-0.2, 0) is 25.5 Å². The Morgan fingerprint density at radius 3 is 2.59 bits per heavy atom. The number of carbonyl (C=O) groups is 3. The minimum atomic E-state index is -1.62. The molecule has 160 valence electrons. The highest BCUT2D eigenvalue weighted by Crippen LogP contribution is 2.25. The summed E-state index contributed by atoms with van der Waals surface area (Å²) in [5.41, 5.74) is 0.966. The van der Waals surface area contributed by atoms with E-state index in [0.717, 1.165) is 16.9 Å². The highest BCUT2D eigenvalue weighted by Gasteiger charge is 2.44. The third-order valence-electron chi connectivity index (χ3n) is 4.92. The number of unbranched alkanes of at least 4 members (excludes halogenated alkanes) is 1. The van der Waals surface area contributed by atoms with Crippen molar-refractivity contribution in [3.63, 3.8) is 0 Å². The van der Waals surface area contributed by atoms with Crippen LogP contribution in [-0.4, -0.2) is 53.3 Å². The van der Waals surface area contributed by atoms with Crippen LogP contribution in [0.15, 0.2) is 30.3 Å². The van der Waals surface area contributed by atoms with Crippen molar-refractivity contribution in [3.05, 3.63) is 35.9 Å². The second kappa shape index (κ2) is 11.0. The summed E-state index contributed by atoms with van der Waals surface area (Å²) in [5, 5.41) is 10.5. The van der Waals surface area contributed by atoms with E-state index in [1.165, 1.54) is 0 Å². The van der Waals surface area contributed by atoms with Gasteiger partial charge in [-0.05, 0) is 30.7 Å². The number of aliphatic hydroxyl groups excluding tert-OH is 1. The van der Waals surface area contributed by atoms with Crippen molar-refractivity contribution in [2.75, 3.05) is 13.2 Å². The summed E-state index contributed by atoms with van der Waals surface area (Å²) in [6.07, 6.45) is -0.130. The Kier molecular flexibility index (Phi) is 8.64. The first-order valence-electron chi connectivity index (χ1n) is 10.2. The molecule has 1 saturated heterocycles. The minimum absolute atomic E-state index is 0.0354. The Labute approximate surface area is 172 Å². The SMILES string of the molecule is CCCCOC(=O)[C@@H](O)[C@@H](CC(C)C)C(=O)N1C(=O)OC[C@@H]1Cc1ccccc1. The van der Waals surface area contributed by atoms with E-state index in [1.807, 2.05) is 51.1 Å². The van der Waals surface area contributed by atoms with Gasteiger partial charge in [-0.15, -0.1) is 0 Å². The smallest absolute Gasteiger partial charge is 0.416 e. The second-order valence-electron chi connectivity index (χ2n) is 7.83. The number of hydrogen-bond acceptors (Lipinski definition) is 6.